The number of aliphatic imine (C=N–C) groups is 1. The van der Waals surface area contributed by atoms with Crippen LogP contribution in [0.15, 0.2) is 64.8 Å². The van der Waals surface area contributed by atoms with Gasteiger partial charge in [0.15, 0.2) is 0 Å². The molecule has 0 amide bonds. The molecule has 0 saturated carbocycles. The van der Waals surface area contributed by atoms with Crippen molar-refractivity contribution in [1.82, 2.24) is 20.6 Å². The fourth-order valence-corrected chi connectivity index (χ4v) is 4.13. The molecular formula is C26H31N5O. The molecular weight excluding hydrogens is 398 g/mol. The van der Waals surface area contributed by atoms with E-state index in [0.29, 0.717) is 12.4 Å². The van der Waals surface area contributed by atoms with Crippen molar-refractivity contribution in [3.05, 3.63) is 65.4 Å². The van der Waals surface area contributed by atoms with Crippen LogP contribution in [0, 0.1) is 0 Å². The number of aromatic nitrogens is 4. The zero-order valence-corrected chi connectivity index (χ0v) is 19.1. The van der Waals surface area contributed by atoms with Gasteiger partial charge in [0.25, 0.3) is 0 Å². The highest BCUT2D eigenvalue weighted by molar-refractivity contribution is 5.89. The second-order valence-electron chi connectivity index (χ2n) is 8.32. The molecule has 1 unspecified atom stereocenters. The third-order valence-corrected chi connectivity index (χ3v) is 6.10. The monoisotopic (exact) mass is 429 g/mol. The van der Waals surface area contributed by atoms with E-state index in [1.165, 1.54) is 30.5 Å². The van der Waals surface area contributed by atoms with E-state index in [1.54, 1.807) is 0 Å². The number of nitrogens with one attached hydrogen (secondary N) is 1. The van der Waals surface area contributed by atoms with Gasteiger partial charge in [-0.05, 0) is 67.9 Å². The first kappa shape index (κ1) is 22.1. The lowest BCUT2D eigenvalue weighted by Gasteiger charge is -2.19. The summed E-state index contributed by atoms with van der Waals surface area (Å²) in [6.45, 7) is 7.05. The maximum Gasteiger partial charge on any atom is 0.205 e. The van der Waals surface area contributed by atoms with Gasteiger partial charge in [-0.15, -0.1) is 10.2 Å². The van der Waals surface area contributed by atoms with Crippen molar-refractivity contribution in [3.8, 4) is 22.5 Å². The van der Waals surface area contributed by atoms with Crippen molar-refractivity contribution in [3.63, 3.8) is 0 Å². The molecule has 32 heavy (non-hydrogen) atoms. The minimum Gasteiger partial charge on any atom is -0.368 e. The molecule has 0 spiro atoms. The topological polar surface area (TPSA) is 76.1 Å². The van der Waals surface area contributed by atoms with Crippen LogP contribution in [0.2, 0.25) is 0 Å². The summed E-state index contributed by atoms with van der Waals surface area (Å²) in [7, 11) is 0. The molecule has 0 radical (unpaired) electrons. The summed E-state index contributed by atoms with van der Waals surface area (Å²) in [6, 6.07) is 16.6. The number of hydrogen-bond donors (Lipinski definition) is 1. The van der Waals surface area contributed by atoms with E-state index in [2.05, 4.69) is 71.7 Å². The van der Waals surface area contributed by atoms with Gasteiger partial charge < -0.3 is 4.74 Å². The van der Waals surface area contributed by atoms with Gasteiger partial charge in [-0.3, -0.25) is 4.99 Å². The number of ether oxygens (including phenoxy) is 1. The van der Waals surface area contributed by atoms with Crippen LogP contribution in [0.1, 0.15) is 58.4 Å². The van der Waals surface area contributed by atoms with E-state index in [4.69, 9.17) is 9.73 Å². The average molecular weight is 430 g/mol. The zero-order chi connectivity index (χ0) is 22.3. The smallest absolute Gasteiger partial charge is 0.205 e. The van der Waals surface area contributed by atoms with E-state index >= 15 is 0 Å². The number of allylic oxidation sites excluding steroid dienone is 2. The molecule has 1 aliphatic carbocycles. The molecule has 1 atom stereocenters. The van der Waals surface area contributed by atoms with Crippen LogP contribution >= 0.6 is 0 Å². The predicted molar refractivity (Wildman–Crippen MR) is 128 cm³/mol. The van der Waals surface area contributed by atoms with E-state index in [-0.39, 0.29) is 6.10 Å². The Morgan fingerprint density at radius 3 is 2.50 bits per heavy atom. The second kappa shape index (κ2) is 10.5. The maximum atomic E-state index is 6.20. The van der Waals surface area contributed by atoms with E-state index in [1.807, 2.05) is 18.2 Å². The minimum atomic E-state index is 0.000804. The summed E-state index contributed by atoms with van der Waals surface area (Å²) in [5.74, 6) is 0.594. The highest BCUT2D eigenvalue weighted by Gasteiger charge is 2.14. The second-order valence-corrected chi connectivity index (χ2v) is 8.32. The maximum absolute atomic E-state index is 6.20. The fraction of sp³-hybridized carbons (Fsp3) is 0.385. The Morgan fingerprint density at radius 2 is 1.81 bits per heavy atom. The van der Waals surface area contributed by atoms with Crippen molar-refractivity contribution >= 4 is 5.71 Å². The van der Waals surface area contributed by atoms with E-state index in [0.717, 1.165) is 40.8 Å². The van der Waals surface area contributed by atoms with Crippen LogP contribution in [-0.2, 0) is 11.3 Å². The van der Waals surface area contributed by atoms with Crippen LogP contribution < -0.4 is 0 Å². The van der Waals surface area contributed by atoms with E-state index < -0.39 is 0 Å². The Bertz CT molecular complexity index is 1080. The van der Waals surface area contributed by atoms with Gasteiger partial charge in [0.1, 0.15) is 0 Å². The lowest BCUT2D eigenvalue weighted by atomic mass is 9.97. The van der Waals surface area contributed by atoms with Gasteiger partial charge in [0.2, 0.25) is 5.82 Å². The molecule has 1 N–H and O–H groups in total. The SMILES string of the molecule is CCC(=NC1=C(C)CCCC1)C(C)OCc1ccc(-c2ccccc2-c2nn[nH]n2)cc1. The van der Waals surface area contributed by atoms with Crippen LogP contribution in [0.5, 0.6) is 0 Å². The first-order valence-corrected chi connectivity index (χ1v) is 11.5. The molecule has 4 rings (SSSR count). The first-order valence-electron chi connectivity index (χ1n) is 11.5. The minimum absolute atomic E-state index is 0.000804. The summed E-state index contributed by atoms with van der Waals surface area (Å²) < 4.78 is 6.20. The van der Waals surface area contributed by atoms with E-state index in [9.17, 15) is 0 Å². The molecule has 1 aliphatic rings. The van der Waals surface area contributed by atoms with Crippen molar-refractivity contribution in [2.45, 2.75) is 65.6 Å². The molecule has 0 saturated heterocycles. The quantitative estimate of drug-likeness (QED) is 0.437. The highest BCUT2D eigenvalue weighted by atomic mass is 16.5. The summed E-state index contributed by atoms with van der Waals surface area (Å²) in [6.07, 6.45) is 5.70. The molecule has 1 heterocycles. The van der Waals surface area contributed by atoms with Crippen LogP contribution in [0.25, 0.3) is 22.5 Å². The number of aromatic amines is 1. The standard InChI is InChI=1S/C26H31N5O/c1-4-24(27-25-12-8-5-9-18(25)2)19(3)32-17-20-13-15-21(16-14-20)22-10-6-7-11-23(22)26-28-30-31-29-26/h6-7,10-11,13-16,19H,4-5,8-9,12,17H2,1-3H3,(H,28,29,30,31). The molecule has 2 aromatic carbocycles. The summed E-state index contributed by atoms with van der Waals surface area (Å²) in [5.41, 5.74) is 8.12. The van der Waals surface area contributed by atoms with Gasteiger partial charge in [-0.2, -0.15) is 5.21 Å². The lowest BCUT2D eigenvalue weighted by Crippen LogP contribution is -2.20. The van der Waals surface area contributed by atoms with Gasteiger partial charge >= 0.3 is 0 Å². The fourth-order valence-electron chi connectivity index (χ4n) is 4.13. The van der Waals surface area contributed by atoms with Gasteiger partial charge in [-0.1, -0.05) is 61.0 Å². The van der Waals surface area contributed by atoms with Gasteiger partial charge in [0.05, 0.1) is 12.7 Å². The van der Waals surface area contributed by atoms with Crippen molar-refractivity contribution in [2.75, 3.05) is 0 Å². The Balaban J connectivity index is 1.44. The number of H-pyrrole nitrogens is 1. The Kier molecular flexibility index (Phi) is 7.22. The molecule has 0 aliphatic heterocycles. The molecule has 0 bridgehead atoms. The van der Waals surface area contributed by atoms with Crippen LogP contribution in [0.3, 0.4) is 0 Å². The number of hydrogen-bond acceptors (Lipinski definition) is 5. The average Bonchev–Trinajstić information content (AvgIpc) is 3.37. The van der Waals surface area contributed by atoms with Crippen LogP contribution in [-0.4, -0.2) is 32.4 Å². The molecule has 0 fully saturated rings. The number of rotatable bonds is 8. The Labute approximate surface area is 189 Å². The number of tetrazole rings is 1. The molecule has 6 nitrogen and oxygen atoms in total. The normalized spacial score (nSPS) is 15.8. The molecule has 1 aromatic heterocycles. The zero-order valence-electron chi connectivity index (χ0n) is 19.1. The van der Waals surface area contributed by atoms with Crippen molar-refractivity contribution in [1.29, 1.82) is 0 Å². The Morgan fingerprint density at radius 1 is 1.06 bits per heavy atom. The van der Waals surface area contributed by atoms with Gasteiger partial charge in [0, 0.05) is 17.0 Å². The molecule has 166 valence electrons. The lowest BCUT2D eigenvalue weighted by molar-refractivity contribution is 0.0949. The summed E-state index contributed by atoms with van der Waals surface area (Å²) in [4.78, 5) is 4.99. The Hall–Kier alpha value is -3.12. The summed E-state index contributed by atoms with van der Waals surface area (Å²) in [5, 5.41) is 14.5. The van der Waals surface area contributed by atoms with Crippen molar-refractivity contribution < 1.29 is 4.74 Å². The third kappa shape index (κ3) is 5.19. The summed E-state index contributed by atoms with van der Waals surface area (Å²) >= 11 is 0. The number of nitrogens with zero attached hydrogens (tertiary/aromatic N) is 4. The third-order valence-electron chi connectivity index (χ3n) is 6.10. The van der Waals surface area contributed by atoms with Crippen LogP contribution in [0.4, 0.5) is 0 Å². The molecule has 3 aromatic rings. The molecule has 6 heteroatoms. The first-order chi connectivity index (χ1) is 15.7. The number of benzene rings is 2. The largest absolute Gasteiger partial charge is 0.368 e. The highest BCUT2D eigenvalue weighted by Crippen LogP contribution is 2.30. The van der Waals surface area contributed by atoms with Gasteiger partial charge in [-0.25, -0.2) is 0 Å². The predicted octanol–water partition coefficient (Wildman–Crippen LogP) is 6.14. The van der Waals surface area contributed by atoms with Crippen molar-refractivity contribution in [2.24, 2.45) is 4.99 Å².